The van der Waals surface area contributed by atoms with Gasteiger partial charge in [-0.2, -0.15) is 0 Å². The molecule has 2 aromatic rings. The number of nitrogens with zero attached hydrogens (tertiary/aromatic N) is 1. The lowest BCUT2D eigenvalue weighted by Crippen LogP contribution is -2.39. The first-order valence-corrected chi connectivity index (χ1v) is 9.01. The highest BCUT2D eigenvalue weighted by Crippen LogP contribution is 2.38. The normalized spacial score (nSPS) is 16.1. The summed E-state index contributed by atoms with van der Waals surface area (Å²) >= 11 is 1.85. The molecule has 0 radical (unpaired) electrons. The lowest BCUT2D eigenvalue weighted by molar-refractivity contribution is -0.115. The van der Waals surface area contributed by atoms with Gasteiger partial charge in [-0.15, -0.1) is 11.8 Å². The molecule has 1 N–H and O–H groups in total. The largest absolute Gasteiger partial charge is 0.493 e. The molecule has 1 aliphatic rings. The minimum atomic E-state index is -0.0545. The van der Waals surface area contributed by atoms with Crippen molar-refractivity contribution in [1.82, 2.24) is 0 Å². The Morgan fingerprint density at radius 2 is 1.96 bits per heavy atom. The maximum atomic E-state index is 12.5. The highest BCUT2D eigenvalue weighted by Gasteiger charge is 2.23. The Morgan fingerprint density at radius 3 is 2.72 bits per heavy atom. The molecule has 1 atom stereocenters. The number of anilines is 2. The van der Waals surface area contributed by atoms with Crippen LogP contribution in [0.3, 0.4) is 0 Å². The molecular weight excluding hydrogens is 336 g/mol. The third-order valence-electron chi connectivity index (χ3n) is 4.01. The second-order valence-electron chi connectivity index (χ2n) is 5.89. The molecule has 2 aromatic carbocycles. The Labute approximate surface area is 152 Å². The molecule has 0 unspecified atom stereocenters. The van der Waals surface area contributed by atoms with Crippen molar-refractivity contribution in [2.45, 2.75) is 17.1 Å². The highest BCUT2D eigenvalue weighted by atomic mass is 32.2. The molecule has 0 fully saturated rings. The van der Waals surface area contributed by atoms with E-state index in [2.05, 4.69) is 29.3 Å². The van der Waals surface area contributed by atoms with Crippen LogP contribution >= 0.6 is 11.8 Å². The van der Waals surface area contributed by atoms with Crippen molar-refractivity contribution in [3.05, 3.63) is 42.5 Å². The van der Waals surface area contributed by atoms with Gasteiger partial charge >= 0.3 is 0 Å². The average molecular weight is 358 g/mol. The molecule has 5 nitrogen and oxygen atoms in total. The smallest absolute Gasteiger partial charge is 0.243 e. The molecule has 1 aliphatic heterocycles. The summed E-state index contributed by atoms with van der Waals surface area (Å²) in [5.41, 5.74) is 1.81. The Balaban J connectivity index is 1.71. The first kappa shape index (κ1) is 17.5. The zero-order valence-corrected chi connectivity index (χ0v) is 15.4. The Morgan fingerprint density at radius 1 is 1.20 bits per heavy atom. The van der Waals surface area contributed by atoms with Gasteiger partial charge in [0.15, 0.2) is 11.5 Å². The number of hydrogen-bond donors (Lipinski definition) is 1. The van der Waals surface area contributed by atoms with Crippen LogP contribution in [0.15, 0.2) is 47.4 Å². The van der Waals surface area contributed by atoms with Crippen molar-refractivity contribution in [1.29, 1.82) is 0 Å². The number of carbonyl (C=O) groups is 1. The van der Waals surface area contributed by atoms with Crippen molar-refractivity contribution in [2.75, 3.05) is 37.5 Å². The Hall–Kier alpha value is -2.34. The minimum Gasteiger partial charge on any atom is -0.493 e. The van der Waals surface area contributed by atoms with E-state index in [0.717, 1.165) is 12.2 Å². The van der Waals surface area contributed by atoms with Gasteiger partial charge in [0.1, 0.15) is 0 Å². The number of thioether (sulfide) groups is 1. The van der Waals surface area contributed by atoms with Crippen LogP contribution in [0, 0.1) is 0 Å². The van der Waals surface area contributed by atoms with E-state index in [1.807, 2.05) is 30.0 Å². The molecular formula is C19H22N2O3S. The lowest BCUT2D eigenvalue weighted by Gasteiger charge is -2.33. The summed E-state index contributed by atoms with van der Waals surface area (Å²) in [7, 11) is 3.16. The van der Waals surface area contributed by atoms with E-state index in [4.69, 9.17) is 9.47 Å². The third-order valence-corrected chi connectivity index (χ3v) is 5.16. The molecule has 0 bridgehead atoms. The van der Waals surface area contributed by atoms with Crippen LogP contribution in [-0.2, 0) is 4.79 Å². The molecule has 0 saturated carbocycles. The summed E-state index contributed by atoms with van der Waals surface area (Å²) in [6.45, 7) is 3.34. The molecule has 25 heavy (non-hydrogen) atoms. The summed E-state index contributed by atoms with van der Waals surface area (Å²) in [5, 5.41) is 3.39. The molecule has 132 valence electrons. The molecule has 0 saturated heterocycles. The van der Waals surface area contributed by atoms with E-state index in [9.17, 15) is 4.79 Å². The monoisotopic (exact) mass is 358 g/mol. The van der Waals surface area contributed by atoms with Crippen molar-refractivity contribution < 1.29 is 14.3 Å². The number of amides is 1. The topological polar surface area (TPSA) is 50.8 Å². The van der Waals surface area contributed by atoms with Gasteiger partial charge in [0, 0.05) is 28.4 Å². The summed E-state index contributed by atoms with van der Waals surface area (Å²) < 4.78 is 10.5. The number of methoxy groups -OCH3 is 2. The number of fused-ring (bicyclic) bond motifs is 1. The number of nitrogens with one attached hydrogen (secondary N) is 1. The maximum absolute atomic E-state index is 12.5. The fourth-order valence-corrected chi connectivity index (χ4v) is 4.08. The number of benzene rings is 2. The quantitative estimate of drug-likeness (QED) is 0.884. The van der Waals surface area contributed by atoms with Crippen molar-refractivity contribution in [3.63, 3.8) is 0 Å². The van der Waals surface area contributed by atoms with Crippen molar-refractivity contribution in [3.8, 4) is 11.5 Å². The molecule has 0 spiro atoms. The Bertz CT molecular complexity index is 766. The van der Waals surface area contributed by atoms with Crippen LogP contribution in [0.1, 0.15) is 6.92 Å². The SMILES string of the molecule is COc1ccc(NC(=O)CN2C[C@H](C)Sc3ccccc32)cc1OC. The van der Waals surface area contributed by atoms with Gasteiger partial charge in [-0.1, -0.05) is 19.1 Å². The molecule has 0 aliphatic carbocycles. The average Bonchev–Trinajstić information content (AvgIpc) is 2.61. The van der Waals surface area contributed by atoms with Gasteiger partial charge in [-0.05, 0) is 24.3 Å². The van der Waals surface area contributed by atoms with Gasteiger partial charge in [-0.3, -0.25) is 4.79 Å². The highest BCUT2D eigenvalue weighted by molar-refractivity contribution is 8.00. The summed E-state index contributed by atoms with van der Waals surface area (Å²) in [4.78, 5) is 15.9. The van der Waals surface area contributed by atoms with Crippen LogP contribution < -0.4 is 19.7 Å². The van der Waals surface area contributed by atoms with E-state index in [0.29, 0.717) is 29.0 Å². The Kier molecular flexibility index (Phi) is 5.38. The summed E-state index contributed by atoms with van der Waals surface area (Å²) in [6, 6.07) is 13.6. The zero-order valence-electron chi connectivity index (χ0n) is 14.6. The van der Waals surface area contributed by atoms with E-state index in [-0.39, 0.29) is 5.91 Å². The standard InChI is InChI=1S/C19H22N2O3S/c1-13-11-21(15-6-4-5-7-18(15)25-13)12-19(22)20-14-8-9-16(23-2)17(10-14)24-3/h4-10,13H,11-12H2,1-3H3,(H,20,22)/t13-/m0/s1. The number of para-hydroxylation sites is 1. The number of hydrogen-bond acceptors (Lipinski definition) is 5. The van der Waals surface area contributed by atoms with Crippen LogP contribution in [0.25, 0.3) is 0 Å². The lowest BCUT2D eigenvalue weighted by atomic mass is 10.2. The number of ether oxygens (including phenoxy) is 2. The van der Waals surface area contributed by atoms with Gasteiger partial charge in [0.25, 0.3) is 0 Å². The second-order valence-corrected chi connectivity index (χ2v) is 7.37. The third kappa shape index (κ3) is 4.02. The van der Waals surface area contributed by atoms with Gasteiger partial charge in [-0.25, -0.2) is 0 Å². The molecule has 3 rings (SSSR count). The summed E-state index contributed by atoms with van der Waals surface area (Å²) in [6.07, 6.45) is 0. The van der Waals surface area contributed by atoms with Crippen LogP contribution in [0.5, 0.6) is 11.5 Å². The predicted molar refractivity (Wildman–Crippen MR) is 102 cm³/mol. The first-order valence-electron chi connectivity index (χ1n) is 8.13. The first-order chi connectivity index (χ1) is 12.1. The van der Waals surface area contributed by atoms with E-state index in [1.54, 1.807) is 26.4 Å². The second kappa shape index (κ2) is 7.70. The van der Waals surface area contributed by atoms with E-state index in [1.165, 1.54) is 4.90 Å². The fraction of sp³-hybridized carbons (Fsp3) is 0.316. The molecule has 6 heteroatoms. The van der Waals surface area contributed by atoms with E-state index >= 15 is 0 Å². The minimum absolute atomic E-state index is 0.0545. The molecule has 1 heterocycles. The van der Waals surface area contributed by atoms with Gasteiger partial charge < -0.3 is 19.7 Å². The van der Waals surface area contributed by atoms with Crippen LogP contribution in [0.4, 0.5) is 11.4 Å². The summed E-state index contributed by atoms with van der Waals surface area (Å²) in [5.74, 6) is 1.17. The zero-order chi connectivity index (χ0) is 17.8. The number of carbonyl (C=O) groups excluding carboxylic acids is 1. The van der Waals surface area contributed by atoms with Crippen molar-refractivity contribution in [2.24, 2.45) is 0 Å². The maximum Gasteiger partial charge on any atom is 0.243 e. The van der Waals surface area contributed by atoms with Crippen LogP contribution in [0.2, 0.25) is 0 Å². The molecule has 1 amide bonds. The molecule has 0 aromatic heterocycles. The van der Waals surface area contributed by atoms with E-state index < -0.39 is 0 Å². The predicted octanol–water partition coefficient (Wildman–Crippen LogP) is 3.64. The van der Waals surface area contributed by atoms with Crippen molar-refractivity contribution >= 4 is 29.0 Å². The number of rotatable bonds is 5. The fourth-order valence-electron chi connectivity index (χ4n) is 2.92. The van der Waals surface area contributed by atoms with Gasteiger partial charge in [0.05, 0.1) is 26.5 Å². The van der Waals surface area contributed by atoms with Crippen LogP contribution in [-0.4, -0.2) is 38.5 Å². The van der Waals surface area contributed by atoms with Gasteiger partial charge in [0.2, 0.25) is 5.91 Å².